The van der Waals surface area contributed by atoms with Crippen molar-refractivity contribution in [2.24, 2.45) is 0 Å². The van der Waals surface area contributed by atoms with Gasteiger partial charge in [0.05, 0.1) is 5.75 Å². The lowest BCUT2D eigenvalue weighted by Crippen LogP contribution is -2.46. The summed E-state index contributed by atoms with van der Waals surface area (Å²) in [5.41, 5.74) is 10.0. The lowest BCUT2D eigenvalue weighted by molar-refractivity contribution is 0.592. The summed E-state index contributed by atoms with van der Waals surface area (Å²) >= 11 is 0. The van der Waals surface area contributed by atoms with Crippen molar-refractivity contribution in [3.05, 3.63) is 95.6 Å². The minimum absolute atomic E-state index is 0.256. The highest BCUT2D eigenvalue weighted by Crippen LogP contribution is 2.32. The minimum atomic E-state index is -2.91. The Hall–Kier alpha value is -2.52. The summed E-state index contributed by atoms with van der Waals surface area (Å²) < 4.78 is 24.9. The molecule has 7 rings (SSSR count). The molecule has 0 amide bonds. The van der Waals surface area contributed by atoms with Crippen molar-refractivity contribution in [3.63, 3.8) is 0 Å². The van der Waals surface area contributed by atoms with E-state index < -0.39 is 36.2 Å². The van der Waals surface area contributed by atoms with Crippen LogP contribution in [0.1, 0.15) is 22.2 Å². The van der Waals surface area contributed by atoms with Gasteiger partial charge in [0.25, 0.3) is 0 Å². The van der Waals surface area contributed by atoms with E-state index in [1.165, 1.54) is 49.3 Å². The van der Waals surface area contributed by atoms with E-state index in [2.05, 4.69) is 98.5 Å². The van der Waals surface area contributed by atoms with Crippen molar-refractivity contribution in [1.29, 1.82) is 0 Å². The number of benzene rings is 4. The SMILES string of the molecule is C[Si@@H]1c2ccccc2Cc2ccc(-c3ccc4c(c3)[Si@@H](C)c3cc(C5CS(=O)(=O)CC[Si@@H]5C)ccc3-4)cc21. The van der Waals surface area contributed by atoms with Gasteiger partial charge in [-0.3, -0.25) is 0 Å². The zero-order valence-corrected chi connectivity index (χ0v) is 26.6. The molecule has 3 heterocycles. The molecule has 1 unspecified atom stereocenters. The molecule has 1 fully saturated rings. The van der Waals surface area contributed by atoms with E-state index in [1.807, 2.05) is 0 Å². The summed E-state index contributed by atoms with van der Waals surface area (Å²) in [4.78, 5) is 0. The quantitative estimate of drug-likeness (QED) is 0.350. The molecule has 4 aromatic carbocycles. The summed E-state index contributed by atoms with van der Waals surface area (Å²) in [6.07, 6.45) is 1.05. The zero-order chi connectivity index (χ0) is 26.2. The van der Waals surface area contributed by atoms with Gasteiger partial charge >= 0.3 is 0 Å². The average Bonchev–Trinajstić information content (AvgIpc) is 3.20. The highest BCUT2D eigenvalue weighted by molar-refractivity contribution is 7.91. The fourth-order valence-corrected chi connectivity index (χ4v) is 19.9. The summed E-state index contributed by atoms with van der Waals surface area (Å²) in [7, 11) is -6.52. The van der Waals surface area contributed by atoms with E-state index in [9.17, 15) is 8.42 Å². The van der Waals surface area contributed by atoms with Crippen LogP contribution in [0.25, 0.3) is 22.3 Å². The molecule has 3 aliphatic heterocycles. The molecular weight excluding hydrogens is 533 g/mol. The Labute approximate surface area is 231 Å². The topological polar surface area (TPSA) is 34.1 Å². The Morgan fingerprint density at radius 3 is 2.13 bits per heavy atom. The van der Waals surface area contributed by atoms with Crippen LogP contribution in [0.2, 0.25) is 25.7 Å². The van der Waals surface area contributed by atoms with Crippen LogP contribution >= 0.6 is 0 Å². The molecule has 6 heteroatoms. The van der Waals surface area contributed by atoms with Gasteiger partial charge in [0.15, 0.2) is 0 Å². The van der Waals surface area contributed by atoms with Gasteiger partial charge in [0.1, 0.15) is 27.4 Å². The van der Waals surface area contributed by atoms with Gasteiger partial charge in [-0.1, -0.05) is 114 Å². The van der Waals surface area contributed by atoms with Crippen molar-refractivity contribution in [1.82, 2.24) is 0 Å². The molecule has 3 aliphatic rings. The Kier molecular flexibility index (Phi) is 5.82. The van der Waals surface area contributed by atoms with Gasteiger partial charge in [-0.15, -0.1) is 0 Å². The Bertz CT molecular complexity index is 1710. The van der Waals surface area contributed by atoms with Crippen LogP contribution < -0.4 is 20.7 Å². The van der Waals surface area contributed by atoms with Crippen LogP contribution in [0, 0.1) is 0 Å². The molecule has 0 spiro atoms. The summed E-state index contributed by atoms with van der Waals surface area (Å²) in [5.74, 6) is 0.758. The lowest BCUT2D eigenvalue weighted by Gasteiger charge is -2.28. The van der Waals surface area contributed by atoms with Gasteiger partial charge in [-0.25, -0.2) is 8.42 Å². The van der Waals surface area contributed by atoms with Crippen LogP contribution in [-0.4, -0.2) is 46.3 Å². The van der Waals surface area contributed by atoms with E-state index in [0.29, 0.717) is 11.5 Å². The van der Waals surface area contributed by atoms with Gasteiger partial charge < -0.3 is 0 Å². The van der Waals surface area contributed by atoms with Crippen molar-refractivity contribution >= 4 is 57.0 Å². The van der Waals surface area contributed by atoms with Crippen LogP contribution in [0.3, 0.4) is 0 Å². The van der Waals surface area contributed by atoms with E-state index in [0.717, 1.165) is 12.5 Å². The van der Waals surface area contributed by atoms with E-state index in [4.69, 9.17) is 0 Å². The predicted molar refractivity (Wildman–Crippen MR) is 170 cm³/mol. The molecule has 38 heavy (non-hydrogen) atoms. The molecule has 4 aromatic rings. The molecule has 0 radical (unpaired) electrons. The fraction of sp³-hybridized carbons (Fsp3) is 0.250. The summed E-state index contributed by atoms with van der Waals surface area (Å²) in [5, 5.41) is 6.23. The molecule has 2 nitrogen and oxygen atoms in total. The molecular formula is C32H34O2SSi3. The Balaban J connectivity index is 1.22. The van der Waals surface area contributed by atoms with E-state index in [-0.39, 0.29) is 5.54 Å². The first-order chi connectivity index (χ1) is 18.3. The second kappa shape index (κ2) is 9.01. The Morgan fingerprint density at radius 1 is 0.684 bits per heavy atom. The molecule has 0 aliphatic carbocycles. The molecule has 0 N–H and O–H groups in total. The number of hydrogen-bond acceptors (Lipinski definition) is 2. The third-order valence-electron chi connectivity index (χ3n) is 9.63. The third kappa shape index (κ3) is 3.96. The molecule has 0 aromatic heterocycles. The monoisotopic (exact) mass is 566 g/mol. The van der Waals surface area contributed by atoms with Crippen LogP contribution in [0.15, 0.2) is 78.9 Å². The minimum Gasteiger partial charge on any atom is -0.229 e. The molecule has 1 saturated heterocycles. The third-order valence-corrected chi connectivity index (χ3v) is 21.1. The van der Waals surface area contributed by atoms with E-state index >= 15 is 0 Å². The maximum Gasteiger partial charge on any atom is 0.150 e. The molecule has 192 valence electrons. The van der Waals surface area contributed by atoms with Gasteiger partial charge in [-0.2, -0.15) is 0 Å². The van der Waals surface area contributed by atoms with Crippen molar-refractivity contribution in [2.45, 2.75) is 37.6 Å². The fourth-order valence-electron chi connectivity index (χ4n) is 7.27. The van der Waals surface area contributed by atoms with Crippen molar-refractivity contribution in [3.8, 4) is 22.3 Å². The standard InChI is InChI=1S/C32H34O2SSi3/c1-36-15-14-35(33,34)20-32(36)25-11-13-27-26-12-10-22(18-30(26)38(3)31(27)19-25)21-8-9-24-16-23-6-4-5-7-28(23)37(2)29(24)17-21/h4-13,17-19,32,36-38H,14-16,20H2,1-3H3/t32?,36-,37+,38+/m0/s1. The van der Waals surface area contributed by atoms with Crippen LogP contribution in [0.5, 0.6) is 0 Å². The molecule has 0 saturated carbocycles. The first-order valence-corrected chi connectivity index (χ1v) is 23.1. The first-order valence-electron chi connectivity index (χ1n) is 14.0. The van der Waals surface area contributed by atoms with Crippen molar-refractivity contribution in [2.75, 3.05) is 11.5 Å². The zero-order valence-electron chi connectivity index (χ0n) is 22.4. The highest BCUT2D eigenvalue weighted by Gasteiger charge is 2.34. The van der Waals surface area contributed by atoms with Crippen molar-refractivity contribution < 1.29 is 8.42 Å². The first kappa shape index (κ1) is 24.5. The Morgan fingerprint density at radius 2 is 1.32 bits per heavy atom. The summed E-state index contributed by atoms with van der Waals surface area (Å²) in [6, 6.07) is 31.2. The molecule has 0 bridgehead atoms. The van der Waals surface area contributed by atoms with Gasteiger partial charge in [0.2, 0.25) is 0 Å². The number of sulfone groups is 1. The number of rotatable bonds is 2. The maximum atomic E-state index is 12.4. The van der Waals surface area contributed by atoms with E-state index in [1.54, 1.807) is 10.4 Å². The lowest BCUT2D eigenvalue weighted by atomic mass is 9.97. The second-order valence-corrected chi connectivity index (χ2v) is 22.8. The predicted octanol–water partition coefficient (Wildman–Crippen LogP) is 3.09. The summed E-state index contributed by atoms with van der Waals surface area (Å²) in [6.45, 7) is 7.29. The highest BCUT2D eigenvalue weighted by atomic mass is 32.2. The van der Waals surface area contributed by atoms with Crippen LogP contribution in [0.4, 0.5) is 0 Å². The number of hydrogen-bond donors (Lipinski definition) is 0. The second-order valence-electron chi connectivity index (χ2n) is 11.9. The van der Waals surface area contributed by atoms with Gasteiger partial charge in [-0.05, 0) is 62.1 Å². The normalized spacial score (nSPS) is 24.7. The molecule has 4 atom stereocenters. The average molecular weight is 567 g/mol. The maximum absolute atomic E-state index is 12.4. The van der Waals surface area contributed by atoms with Crippen LogP contribution in [-0.2, 0) is 16.3 Å². The largest absolute Gasteiger partial charge is 0.229 e. The number of fused-ring (bicyclic) bond motifs is 5. The van der Waals surface area contributed by atoms with Gasteiger partial charge in [0, 0.05) is 14.5 Å². The smallest absolute Gasteiger partial charge is 0.150 e.